The molecular weight excluding hydrogens is 324 g/mol. The molecule has 9 heteroatoms. The number of aromatic nitrogens is 4. The lowest BCUT2D eigenvalue weighted by Crippen LogP contribution is -2.17. The van der Waals surface area contributed by atoms with Crippen molar-refractivity contribution in [3.8, 4) is 5.75 Å². The van der Waals surface area contributed by atoms with E-state index < -0.39 is 5.97 Å². The van der Waals surface area contributed by atoms with E-state index in [-0.39, 0.29) is 34.3 Å². The summed E-state index contributed by atoms with van der Waals surface area (Å²) in [7, 11) is 0. The number of aromatic carboxylic acids is 1. The summed E-state index contributed by atoms with van der Waals surface area (Å²) in [4.78, 5) is 30.1. The van der Waals surface area contributed by atoms with Gasteiger partial charge in [-0.15, -0.1) is 5.10 Å². The molecule has 0 aliphatic rings. The van der Waals surface area contributed by atoms with Crippen LogP contribution in [0, 0.1) is 6.92 Å². The summed E-state index contributed by atoms with van der Waals surface area (Å²) >= 11 is 5.87. The van der Waals surface area contributed by atoms with Crippen molar-refractivity contribution in [1.82, 2.24) is 19.6 Å². The van der Waals surface area contributed by atoms with Crippen LogP contribution in [0.5, 0.6) is 5.75 Å². The first-order valence-corrected chi connectivity index (χ1v) is 6.93. The predicted molar refractivity (Wildman–Crippen MR) is 81.1 cm³/mol. The molecule has 2 N–H and O–H groups in total. The summed E-state index contributed by atoms with van der Waals surface area (Å²) in [6.07, 6.45) is 0. The van der Waals surface area contributed by atoms with Crippen LogP contribution in [0.4, 0.5) is 0 Å². The number of halogens is 1. The van der Waals surface area contributed by atoms with Crippen molar-refractivity contribution in [2.75, 3.05) is 0 Å². The number of aryl methyl sites for hydroxylation is 1. The molecule has 118 valence electrons. The van der Waals surface area contributed by atoms with Crippen molar-refractivity contribution in [2.24, 2.45) is 0 Å². The van der Waals surface area contributed by atoms with E-state index in [4.69, 9.17) is 16.3 Å². The highest BCUT2D eigenvalue weighted by molar-refractivity contribution is 6.33. The molecule has 3 aromatic rings. The van der Waals surface area contributed by atoms with Gasteiger partial charge in [0, 0.05) is 6.07 Å². The number of carbonyl (C=O) groups is 1. The van der Waals surface area contributed by atoms with Crippen LogP contribution in [-0.4, -0.2) is 30.7 Å². The van der Waals surface area contributed by atoms with Gasteiger partial charge in [-0.05, 0) is 19.1 Å². The lowest BCUT2D eigenvalue weighted by molar-refractivity contribution is 0.0692. The molecule has 0 spiro atoms. The van der Waals surface area contributed by atoms with Crippen LogP contribution >= 0.6 is 11.6 Å². The zero-order chi connectivity index (χ0) is 16.6. The maximum atomic E-state index is 11.9. The Kier molecular flexibility index (Phi) is 3.75. The second-order valence-electron chi connectivity index (χ2n) is 4.73. The Morgan fingerprint density at radius 1 is 1.48 bits per heavy atom. The summed E-state index contributed by atoms with van der Waals surface area (Å²) in [5.74, 6) is -0.330. The molecule has 2 heterocycles. The minimum absolute atomic E-state index is 0.0434. The highest BCUT2D eigenvalue weighted by atomic mass is 35.5. The number of benzene rings is 1. The third-order valence-corrected chi connectivity index (χ3v) is 3.38. The number of nitrogens with zero attached hydrogens (tertiary/aromatic N) is 3. The molecule has 0 amide bonds. The Balaban J connectivity index is 1.91. The number of nitrogens with one attached hydrogen (secondary N) is 1. The third-order valence-electron chi connectivity index (χ3n) is 3.06. The second-order valence-corrected chi connectivity index (χ2v) is 5.14. The Bertz CT molecular complexity index is 963. The van der Waals surface area contributed by atoms with E-state index in [2.05, 4.69) is 15.1 Å². The SMILES string of the molecule is Cc1nc2[nH]c(COc3cccc(Cl)c3C(=O)O)cc(=O)n2n1. The summed E-state index contributed by atoms with van der Waals surface area (Å²) in [6.45, 7) is 1.62. The highest BCUT2D eigenvalue weighted by Gasteiger charge is 2.16. The number of ether oxygens (including phenoxy) is 1. The number of rotatable bonds is 4. The monoisotopic (exact) mass is 334 g/mol. The molecule has 1 aromatic carbocycles. The van der Waals surface area contributed by atoms with Crippen LogP contribution < -0.4 is 10.3 Å². The molecule has 0 radical (unpaired) electrons. The van der Waals surface area contributed by atoms with Gasteiger partial charge in [0.2, 0.25) is 5.78 Å². The van der Waals surface area contributed by atoms with Crippen LogP contribution in [0.3, 0.4) is 0 Å². The second kappa shape index (κ2) is 5.73. The largest absolute Gasteiger partial charge is 0.486 e. The number of aromatic amines is 1. The van der Waals surface area contributed by atoms with Gasteiger partial charge in [-0.1, -0.05) is 17.7 Å². The van der Waals surface area contributed by atoms with E-state index in [0.717, 1.165) is 4.52 Å². The van der Waals surface area contributed by atoms with Crippen LogP contribution in [0.15, 0.2) is 29.1 Å². The summed E-state index contributed by atoms with van der Waals surface area (Å²) in [5, 5.41) is 13.2. The Morgan fingerprint density at radius 3 is 3.00 bits per heavy atom. The van der Waals surface area contributed by atoms with Crippen molar-refractivity contribution < 1.29 is 14.6 Å². The average molecular weight is 335 g/mol. The number of fused-ring (bicyclic) bond motifs is 1. The number of H-pyrrole nitrogens is 1. The first kappa shape index (κ1) is 15.0. The fourth-order valence-corrected chi connectivity index (χ4v) is 2.35. The van der Waals surface area contributed by atoms with Crippen molar-refractivity contribution in [3.63, 3.8) is 0 Å². The fourth-order valence-electron chi connectivity index (χ4n) is 2.10. The van der Waals surface area contributed by atoms with Gasteiger partial charge in [0.1, 0.15) is 23.7 Å². The molecule has 0 saturated heterocycles. The molecule has 0 aliphatic heterocycles. The first-order chi connectivity index (χ1) is 11.0. The molecule has 23 heavy (non-hydrogen) atoms. The van der Waals surface area contributed by atoms with Gasteiger partial charge in [-0.3, -0.25) is 4.79 Å². The Morgan fingerprint density at radius 2 is 2.26 bits per heavy atom. The molecule has 0 fully saturated rings. The molecular formula is C14H11ClN4O4. The Labute approximate surface area is 134 Å². The van der Waals surface area contributed by atoms with Gasteiger partial charge in [0.15, 0.2) is 0 Å². The first-order valence-electron chi connectivity index (χ1n) is 6.56. The van der Waals surface area contributed by atoms with E-state index in [0.29, 0.717) is 11.5 Å². The van der Waals surface area contributed by atoms with Crippen LogP contribution in [0.2, 0.25) is 5.02 Å². The van der Waals surface area contributed by atoms with Crippen molar-refractivity contribution in [2.45, 2.75) is 13.5 Å². The molecule has 8 nitrogen and oxygen atoms in total. The van der Waals surface area contributed by atoms with E-state index in [1.165, 1.54) is 18.2 Å². The fraction of sp³-hybridized carbons (Fsp3) is 0.143. The topological polar surface area (TPSA) is 110 Å². The number of hydrogen-bond donors (Lipinski definition) is 2. The van der Waals surface area contributed by atoms with Crippen molar-refractivity contribution >= 4 is 23.3 Å². The maximum Gasteiger partial charge on any atom is 0.341 e. The summed E-state index contributed by atoms with van der Waals surface area (Å²) in [5.41, 5.74) is -0.0513. The third kappa shape index (κ3) is 2.88. The quantitative estimate of drug-likeness (QED) is 0.750. The normalized spacial score (nSPS) is 10.9. The molecule has 0 saturated carbocycles. The minimum Gasteiger partial charge on any atom is -0.486 e. The molecule has 0 atom stereocenters. The van der Waals surface area contributed by atoms with E-state index >= 15 is 0 Å². The van der Waals surface area contributed by atoms with Gasteiger partial charge in [-0.2, -0.15) is 9.50 Å². The molecule has 2 aromatic heterocycles. The smallest absolute Gasteiger partial charge is 0.341 e. The van der Waals surface area contributed by atoms with Crippen LogP contribution in [-0.2, 0) is 6.61 Å². The van der Waals surface area contributed by atoms with Crippen LogP contribution in [0.1, 0.15) is 21.9 Å². The molecule has 0 aliphatic carbocycles. The molecule has 0 unspecified atom stereocenters. The van der Waals surface area contributed by atoms with E-state index in [1.54, 1.807) is 13.0 Å². The van der Waals surface area contributed by atoms with Gasteiger partial charge in [0.05, 0.1) is 10.7 Å². The zero-order valence-electron chi connectivity index (χ0n) is 11.9. The predicted octanol–water partition coefficient (Wildman–Crippen LogP) is 1.66. The van der Waals surface area contributed by atoms with Gasteiger partial charge in [0.25, 0.3) is 5.56 Å². The average Bonchev–Trinajstić information content (AvgIpc) is 2.85. The number of hydrogen-bond acceptors (Lipinski definition) is 5. The highest BCUT2D eigenvalue weighted by Crippen LogP contribution is 2.26. The van der Waals surface area contributed by atoms with Crippen LogP contribution in [0.25, 0.3) is 5.78 Å². The summed E-state index contributed by atoms with van der Waals surface area (Å²) in [6, 6.07) is 5.85. The van der Waals surface area contributed by atoms with Crippen molar-refractivity contribution in [3.05, 3.63) is 56.7 Å². The van der Waals surface area contributed by atoms with Crippen molar-refractivity contribution in [1.29, 1.82) is 0 Å². The lowest BCUT2D eigenvalue weighted by Gasteiger charge is -2.10. The van der Waals surface area contributed by atoms with E-state index in [9.17, 15) is 14.7 Å². The van der Waals surface area contributed by atoms with Gasteiger partial charge >= 0.3 is 5.97 Å². The number of carboxylic acids is 1. The summed E-state index contributed by atoms with van der Waals surface area (Å²) < 4.78 is 6.62. The number of carboxylic acid groups (broad SMARTS) is 1. The zero-order valence-corrected chi connectivity index (χ0v) is 12.7. The van der Waals surface area contributed by atoms with E-state index in [1.807, 2.05) is 0 Å². The van der Waals surface area contributed by atoms with Gasteiger partial charge in [-0.25, -0.2) is 4.79 Å². The van der Waals surface area contributed by atoms with Gasteiger partial charge < -0.3 is 14.8 Å². The Hall–Kier alpha value is -2.87. The molecule has 0 bridgehead atoms. The molecule has 3 rings (SSSR count). The standard InChI is InChI=1S/C14H11ClN4O4/c1-7-16-14-17-8(5-11(20)19(14)18-7)6-23-10-4-2-3-9(15)12(10)13(21)22/h2-5H,6H2,1H3,(H,21,22)(H,16,17,18). The maximum absolute atomic E-state index is 11.9. The lowest BCUT2D eigenvalue weighted by atomic mass is 10.2. The minimum atomic E-state index is -1.19.